The van der Waals surface area contributed by atoms with Gasteiger partial charge in [0.15, 0.2) is 11.8 Å². The van der Waals surface area contributed by atoms with Gasteiger partial charge in [-0.2, -0.15) is 4.73 Å². The zero-order chi connectivity index (χ0) is 14.1. The van der Waals surface area contributed by atoms with Crippen LogP contribution in [0.25, 0.3) is 11.0 Å². The van der Waals surface area contributed by atoms with Crippen LogP contribution in [0.2, 0.25) is 0 Å². The highest BCUT2D eigenvalue weighted by atomic mass is 16.8. The molecule has 0 aliphatic carbocycles. The molecule has 0 amide bonds. The van der Waals surface area contributed by atoms with E-state index in [1.807, 2.05) is 0 Å². The van der Waals surface area contributed by atoms with Crippen LogP contribution in [-0.4, -0.2) is 63.2 Å². The molecule has 108 valence electrons. The highest BCUT2D eigenvalue weighted by Gasteiger charge is 2.45. The molecule has 2 aromatic rings. The van der Waals surface area contributed by atoms with Crippen LogP contribution >= 0.6 is 0 Å². The summed E-state index contributed by atoms with van der Waals surface area (Å²) in [6.07, 6.45) is 1.54. The summed E-state index contributed by atoms with van der Waals surface area (Å²) in [5.41, 5.74) is 0.584. The standard InChI is InChI=1S/C12H15N3O5/c1-18-10-9(17)8(5-16)19-12(10)20-15-3-2-7-4-13-6-14-11(7)15/h2-4,6,8-10,12,16-17H,5H2,1H3/t8-,9-,10-,12+/m1/s1. The average molecular weight is 281 g/mol. The third-order valence-electron chi connectivity index (χ3n) is 3.28. The van der Waals surface area contributed by atoms with Crippen molar-refractivity contribution in [3.8, 4) is 0 Å². The van der Waals surface area contributed by atoms with Crippen molar-refractivity contribution in [2.75, 3.05) is 13.7 Å². The number of ether oxygens (including phenoxy) is 2. The second-order valence-electron chi connectivity index (χ2n) is 4.47. The first-order valence-electron chi connectivity index (χ1n) is 6.16. The summed E-state index contributed by atoms with van der Waals surface area (Å²) in [6.45, 7) is -0.310. The molecule has 2 aromatic heterocycles. The number of nitrogens with zero attached hydrogens (tertiary/aromatic N) is 3. The molecular weight excluding hydrogens is 266 g/mol. The van der Waals surface area contributed by atoms with Gasteiger partial charge in [0.05, 0.1) is 6.61 Å². The lowest BCUT2D eigenvalue weighted by Crippen LogP contribution is -2.39. The molecule has 20 heavy (non-hydrogen) atoms. The van der Waals surface area contributed by atoms with Crippen molar-refractivity contribution in [1.82, 2.24) is 14.7 Å². The highest BCUT2D eigenvalue weighted by molar-refractivity contribution is 5.74. The molecular formula is C12H15N3O5. The Morgan fingerprint density at radius 3 is 3.10 bits per heavy atom. The lowest BCUT2D eigenvalue weighted by atomic mass is 10.1. The predicted molar refractivity (Wildman–Crippen MR) is 66.7 cm³/mol. The van der Waals surface area contributed by atoms with Crippen molar-refractivity contribution in [2.24, 2.45) is 0 Å². The second-order valence-corrected chi connectivity index (χ2v) is 4.47. The van der Waals surface area contributed by atoms with Crippen molar-refractivity contribution in [3.05, 3.63) is 24.8 Å². The van der Waals surface area contributed by atoms with E-state index >= 15 is 0 Å². The van der Waals surface area contributed by atoms with Crippen LogP contribution in [-0.2, 0) is 9.47 Å². The number of fused-ring (bicyclic) bond motifs is 1. The number of aliphatic hydroxyl groups is 2. The molecule has 4 atom stereocenters. The largest absolute Gasteiger partial charge is 0.394 e. The fourth-order valence-electron chi connectivity index (χ4n) is 2.24. The SMILES string of the molecule is CO[C@H]1[C@H](On2ccc3cncnc32)O[C@H](CO)[C@H]1O. The number of methoxy groups -OCH3 is 1. The van der Waals surface area contributed by atoms with E-state index in [0.717, 1.165) is 5.39 Å². The van der Waals surface area contributed by atoms with Crippen LogP contribution in [0.15, 0.2) is 24.8 Å². The number of aliphatic hydroxyl groups excluding tert-OH is 2. The second kappa shape index (κ2) is 5.33. The minimum atomic E-state index is -0.952. The molecule has 3 heterocycles. The first kappa shape index (κ1) is 13.3. The van der Waals surface area contributed by atoms with E-state index in [4.69, 9.17) is 19.4 Å². The van der Waals surface area contributed by atoms with E-state index in [0.29, 0.717) is 5.65 Å². The molecule has 1 saturated heterocycles. The quantitative estimate of drug-likeness (QED) is 0.738. The maximum atomic E-state index is 9.94. The zero-order valence-electron chi connectivity index (χ0n) is 10.8. The Morgan fingerprint density at radius 1 is 1.50 bits per heavy atom. The third-order valence-corrected chi connectivity index (χ3v) is 3.28. The van der Waals surface area contributed by atoms with Crippen molar-refractivity contribution < 1.29 is 24.5 Å². The Labute approximate surface area is 114 Å². The Balaban J connectivity index is 1.83. The molecule has 1 fully saturated rings. The van der Waals surface area contributed by atoms with E-state index in [2.05, 4.69) is 9.97 Å². The Kier molecular flexibility index (Phi) is 3.53. The summed E-state index contributed by atoms with van der Waals surface area (Å²) in [4.78, 5) is 13.7. The summed E-state index contributed by atoms with van der Waals surface area (Å²) < 4.78 is 12.0. The average Bonchev–Trinajstić information content (AvgIpc) is 3.01. The molecule has 0 aromatic carbocycles. The van der Waals surface area contributed by atoms with Gasteiger partial charge in [-0.15, -0.1) is 0 Å². The summed E-state index contributed by atoms with van der Waals surface area (Å²) in [5.74, 6) is 0. The van der Waals surface area contributed by atoms with E-state index < -0.39 is 24.6 Å². The van der Waals surface area contributed by atoms with Gasteiger partial charge in [-0.3, -0.25) is 0 Å². The molecule has 3 rings (SSSR count). The van der Waals surface area contributed by atoms with Crippen LogP contribution in [0, 0.1) is 0 Å². The van der Waals surface area contributed by atoms with E-state index in [1.54, 1.807) is 18.5 Å². The Morgan fingerprint density at radius 2 is 2.35 bits per heavy atom. The van der Waals surface area contributed by atoms with E-state index in [9.17, 15) is 5.11 Å². The molecule has 8 nitrogen and oxygen atoms in total. The Hall–Kier alpha value is -1.74. The molecule has 0 spiro atoms. The molecule has 0 bridgehead atoms. The van der Waals surface area contributed by atoms with Crippen molar-refractivity contribution >= 4 is 11.0 Å². The van der Waals surface area contributed by atoms with Gasteiger partial charge >= 0.3 is 0 Å². The zero-order valence-corrected chi connectivity index (χ0v) is 10.8. The maximum absolute atomic E-state index is 9.94. The van der Waals surface area contributed by atoms with Crippen LogP contribution in [0.3, 0.4) is 0 Å². The van der Waals surface area contributed by atoms with Gasteiger partial charge in [-0.05, 0) is 6.07 Å². The van der Waals surface area contributed by atoms with Gasteiger partial charge in [-0.1, -0.05) is 0 Å². The number of hydrogen-bond acceptors (Lipinski definition) is 7. The molecule has 2 N–H and O–H groups in total. The lowest BCUT2D eigenvalue weighted by Gasteiger charge is -2.19. The topological polar surface area (TPSA) is 98.9 Å². The van der Waals surface area contributed by atoms with Gasteiger partial charge in [0.25, 0.3) is 6.29 Å². The molecule has 1 aliphatic heterocycles. The van der Waals surface area contributed by atoms with Gasteiger partial charge < -0.3 is 24.5 Å². The summed E-state index contributed by atoms with van der Waals surface area (Å²) in [6, 6.07) is 1.80. The fourth-order valence-corrected chi connectivity index (χ4v) is 2.24. The van der Waals surface area contributed by atoms with E-state index in [1.165, 1.54) is 18.2 Å². The Bertz CT molecular complexity index is 589. The van der Waals surface area contributed by atoms with E-state index in [-0.39, 0.29) is 6.61 Å². The van der Waals surface area contributed by atoms with Crippen LogP contribution in [0.4, 0.5) is 0 Å². The monoisotopic (exact) mass is 281 g/mol. The molecule has 1 aliphatic rings. The number of hydrogen-bond donors (Lipinski definition) is 2. The van der Waals surface area contributed by atoms with Gasteiger partial charge in [0.1, 0.15) is 18.5 Å². The minimum absolute atomic E-state index is 0.310. The van der Waals surface area contributed by atoms with Crippen molar-refractivity contribution in [3.63, 3.8) is 0 Å². The predicted octanol–water partition coefficient (Wildman–Crippen LogP) is -1.05. The summed E-state index contributed by atoms with van der Waals surface area (Å²) >= 11 is 0. The first-order valence-corrected chi connectivity index (χ1v) is 6.16. The maximum Gasteiger partial charge on any atom is 0.254 e. The minimum Gasteiger partial charge on any atom is -0.394 e. The van der Waals surface area contributed by atoms with Gasteiger partial charge in [0, 0.05) is 24.9 Å². The van der Waals surface area contributed by atoms with Gasteiger partial charge in [-0.25, -0.2) is 9.97 Å². The van der Waals surface area contributed by atoms with Gasteiger partial charge in [0.2, 0.25) is 0 Å². The fraction of sp³-hybridized carbons (Fsp3) is 0.500. The van der Waals surface area contributed by atoms with Crippen LogP contribution < -0.4 is 4.84 Å². The van der Waals surface area contributed by atoms with Crippen molar-refractivity contribution in [1.29, 1.82) is 0 Å². The molecule has 8 heteroatoms. The number of aromatic nitrogens is 3. The summed E-state index contributed by atoms with van der Waals surface area (Å²) in [5, 5.41) is 19.9. The lowest BCUT2D eigenvalue weighted by molar-refractivity contribution is -0.174. The normalized spacial score (nSPS) is 29.9. The van der Waals surface area contributed by atoms with Crippen LogP contribution in [0.5, 0.6) is 0 Å². The molecule has 0 unspecified atom stereocenters. The highest BCUT2D eigenvalue weighted by Crippen LogP contribution is 2.23. The van der Waals surface area contributed by atoms with Crippen molar-refractivity contribution in [2.45, 2.75) is 24.6 Å². The molecule has 0 radical (unpaired) electrons. The third kappa shape index (κ3) is 2.12. The molecule has 0 saturated carbocycles. The van der Waals surface area contributed by atoms with Crippen LogP contribution in [0.1, 0.15) is 0 Å². The number of rotatable bonds is 4. The summed E-state index contributed by atoms with van der Waals surface area (Å²) in [7, 11) is 1.45. The smallest absolute Gasteiger partial charge is 0.254 e. The first-order chi connectivity index (χ1) is 9.74.